The number of rotatable bonds is 8. The third kappa shape index (κ3) is 3.35. The van der Waals surface area contributed by atoms with Gasteiger partial charge in [-0.2, -0.15) is 0 Å². The van der Waals surface area contributed by atoms with Crippen LogP contribution in [-0.2, 0) is 19.6 Å². The minimum Gasteiger partial charge on any atom is -0.327 e. The van der Waals surface area contributed by atoms with E-state index in [1.807, 2.05) is 39.0 Å². The van der Waals surface area contributed by atoms with E-state index in [1.54, 1.807) is 0 Å². The largest absolute Gasteiger partial charge is 0.327 e. The van der Waals surface area contributed by atoms with Gasteiger partial charge in [-0.05, 0) is 40.2 Å². The van der Waals surface area contributed by atoms with E-state index < -0.39 is 11.4 Å². The van der Waals surface area contributed by atoms with Crippen LogP contribution >= 0.6 is 0 Å². The fourth-order valence-corrected chi connectivity index (χ4v) is 2.27. The highest BCUT2D eigenvalue weighted by molar-refractivity contribution is 5.25. The van der Waals surface area contributed by atoms with Crippen LogP contribution in [0.5, 0.6) is 0 Å². The molecule has 1 aromatic carbocycles. The first-order chi connectivity index (χ1) is 9.04. The lowest BCUT2D eigenvalue weighted by Gasteiger charge is -2.44. The minimum atomic E-state index is -1.05. The van der Waals surface area contributed by atoms with Gasteiger partial charge in [0.1, 0.15) is 0 Å². The van der Waals surface area contributed by atoms with Crippen molar-refractivity contribution in [3.8, 4) is 0 Å². The van der Waals surface area contributed by atoms with Crippen molar-refractivity contribution in [2.75, 3.05) is 19.8 Å². The molecular weight excluding hydrogens is 240 g/mol. The van der Waals surface area contributed by atoms with Gasteiger partial charge in [0, 0.05) is 19.8 Å². The molecule has 0 bridgehead atoms. The number of hydrogen-bond donors (Lipinski definition) is 0. The normalized spacial score (nSPS) is 12.7. The highest BCUT2D eigenvalue weighted by Gasteiger charge is 2.49. The van der Waals surface area contributed by atoms with Crippen LogP contribution in [0.15, 0.2) is 30.3 Å². The lowest BCUT2D eigenvalue weighted by Crippen LogP contribution is -2.54. The highest BCUT2D eigenvalue weighted by Crippen LogP contribution is 2.39. The zero-order valence-electron chi connectivity index (χ0n) is 12.7. The summed E-state index contributed by atoms with van der Waals surface area (Å²) in [5.74, 6) is -1.05. The summed E-state index contributed by atoms with van der Waals surface area (Å²) in [7, 11) is 0. The van der Waals surface area contributed by atoms with Crippen molar-refractivity contribution in [1.82, 2.24) is 0 Å². The highest BCUT2D eigenvalue weighted by atomic mass is 16.9. The standard InChI is InChI=1S/C16H26O3/c1-6-17-16(18-7-2,19-8-3)15(4,5)14-12-10-9-11-13-14/h9-13H,6-8H2,1-5H3. The van der Waals surface area contributed by atoms with Gasteiger partial charge < -0.3 is 14.2 Å². The molecule has 0 aliphatic rings. The first-order valence-electron chi connectivity index (χ1n) is 7.01. The zero-order valence-corrected chi connectivity index (χ0v) is 12.7. The quantitative estimate of drug-likeness (QED) is 0.671. The molecule has 0 amide bonds. The van der Waals surface area contributed by atoms with E-state index in [9.17, 15) is 0 Å². The predicted octanol–water partition coefficient (Wildman–Crippen LogP) is 3.73. The molecule has 0 spiro atoms. The van der Waals surface area contributed by atoms with Crippen LogP contribution in [0.4, 0.5) is 0 Å². The summed E-state index contributed by atoms with van der Waals surface area (Å²) in [4.78, 5) is 0. The Labute approximate surface area is 116 Å². The van der Waals surface area contributed by atoms with Gasteiger partial charge in [-0.15, -0.1) is 0 Å². The summed E-state index contributed by atoms with van der Waals surface area (Å²) in [5, 5.41) is 0. The summed E-state index contributed by atoms with van der Waals surface area (Å²) >= 11 is 0. The summed E-state index contributed by atoms with van der Waals surface area (Å²) < 4.78 is 17.7. The molecule has 0 unspecified atom stereocenters. The zero-order chi connectivity index (χ0) is 14.4. The van der Waals surface area contributed by atoms with Gasteiger partial charge in [0.25, 0.3) is 5.97 Å². The SMILES string of the molecule is CCOC(OCC)(OCC)C(C)(C)c1ccccc1. The molecule has 19 heavy (non-hydrogen) atoms. The van der Waals surface area contributed by atoms with Crippen molar-refractivity contribution in [1.29, 1.82) is 0 Å². The summed E-state index contributed by atoms with van der Waals surface area (Å²) in [5.41, 5.74) is 0.723. The number of benzene rings is 1. The van der Waals surface area contributed by atoms with Gasteiger partial charge in [-0.25, -0.2) is 0 Å². The number of ether oxygens (including phenoxy) is 3. The Hall–Kier alpha value is -0.900. The molecule has 0 aliphatic carbocycles. The molecule has 3 nitrogen and oxygen atoms in total. The number of hydrogen-bond acceptors (Lipinski definition) is 3. The average Bonchev–Trinajstić information content (AvgIpc) is 2.40. The van der Waals surface area contributed by atoms with Crippen LogP contribution in [0.2, 0.25) is 0 Å². The molecular formula is C16H26O3. The van der Waals surface area contributed by atoms with Crippen molar-refractivity contribution < 1.29 is 14.2 Å². The summed E-state index contributed by atoms with van der Waals surface area (Å²) in [6.45, 7) is 11.6. The molecule has 3 heteroatoms. The Bertz CT molecular complexity index is 342. The molecule has 1 aromatic rings. The predicted molar refractivity (Wildman–Crippen MR) is 77.1 cm³/mol. The Morgan fingerprint density at radius 3 is 1.58 bits per heavy atom. The van der Waals surface area contributed by atoms with Crippen LogP contribution in [-0.4, -0.2) is 25.8 Å². The van der Waals surface area contributed by atoms with Crippen LogP contribution in [0.3, 0.4) is 0 Å². The van der Waals surface area contributed by atoms with Gasteiger partial charge in [-0.1, -0.05) is 30.3 Å². The van der Waals surface area contributed by atoms with Gasteiger partial charge in [-0.3, -0.25) is 0 Å². The molecule has 0 atom stereocenters. The van der Waals surface area contributed by atoms with E-state index in [4.69, 9.17) is 14.2 Å². The maximum atomic E-state index is 5.89. The molecule has 0 radical (unpaired) electrons. The molecule has 0 N–H and O–H groups in total. The second-order valence-electron chi connectivity index (χ2n) is 4.85. The van der Waals surface area contributed by atoms with E-state index in [-0.39, 0.29) is 0 Å². The van der Waals surface area contributed by atoms with E-state index in [0.29, 0.717) is 19.8 Å². The van der Waals surface area contributed by atoms with Crippen molar-refractivity contribution in [3.05, 3.63) is 35.9 Å². The summed E-state index contributed by atoms with van der Waals surface area (Å²) in [6, 6.07) is 10.2. The molecule has 1 rings (SSSR count). The summed E-state index contributed by atoms with van der Waals surface area (Å²) in [6.07, 6.45) is 0. The molecule has 0 saturated carbocycles. The van der Waals surface area contributed by atoms with Crippen molar-refractivity contribution in [3.63, 3.8) is 0 Å². The van der Waals surface area contributed by atoms with E-state index in [2.05, 4.69) is 26.0 Å². The fourth-order valence-electron chi connectivity index (χ4n) is 2.27. The second-order valence-corrected chi connectivity index (χ2v) is 4.85. The smallest absolute Gasteiger partial charge is 0.292 e. The topological polar surface area (TPSA) is 27.7 Å². The lowest BCUT2D eigenvalue weighted by atomic mass is 9.81. The molecule has 0 aliphatic heterocycles. The molecule has 108 valence electrons. The van der Waals surface area contributed by atoms with Crippen LogP contribution in [0, 0.1) is 0 Å². The molecule has 0 heterocycles. The third-order valence-electron chi connectivity index (χ3n) is 3.26. The first kappa shape index (κ1) is 16.2. The van der Waals surface area contributed by atoms with Gasteiger partial charge in [0.2, 0.25) is 0 Å². The van der Waals surface area contributed by atoms with E-state index in [0.717, 1.165) is 5.56 Å². The van der Waals surface area contributed by atoms with Crippen LogP contribution in [0.25, 0.3) is 0 Å². The van der Waals surface area contributed by atoms with E-state index in [1.165, 1.54) is 0 Å². The fraction of sp³-hybridized carbons (Fsp3) is 0.625. The van der Waals surface area contributed by atoms with Gasteiger partial charge in [0.05, 0.1) is 5.41 Å². The maximum absolute atomic E-state index is 5.89. The van der Waals surface area contributed by atoms with E-state index >= 15 is 0 Å². The monoisotopic (exact) mass is 266 g/mol. The maximum Gasteiger partial charge on any atom is 0.292 e. The Morgan fingerprint density at radius 1 is 0.789 bits per heavy atom. The molecule has 0 saturated heterocycles. The second kappa shape index (κ2) is 7.04. The van der Waals surface area contributed by atoms with Crippen molar-refractivity contribution >= 4 is 0 Å². The third-order valence-corrected chi connectivity index (χ3v) is 3.26. The van der Waals surface area contributed by atoms with Gasteiger partial charge in [0.15, 0.2) is 0 Å². The van der Waals surface area contributed by atoms with Crippen LogP contribution in [0.1, 0.15) is 40.2 Å². The molecule has 0 fully saturated rings. The lowest BCUT2D eigenvalue weighted by molar-refractivity contribution is -0.405. The van der Waals surface area contributed by atoms with Crippen molar-refractivity contribution in [2.24, 2.45) is 0 Å². The van der Waals surface area contributed by atoms with Gasteiger partial charge >= 0.3 is 0 Å². The minimum absolute atomic E-state index is 0.406. The first-order valence-corrected chi connectivity index (χ1v) is 7.01. The van der Waals surface area contributed by atoms with Crippen LogP contribution < -0.4 is 0 Å². The van der Waals surface area contributed by atoms with Crippen molar-refractivity contribution in [2.45, 2.75) is 46.0 Å². The average molecular weight is 266 g/mol. The Balaban J connectivity index is 3.20. The molecule has 0 aromatic heterocycles. The Morgan fingerprint density at radius 2 is 1.21 bits per heavy atom. The Kier molecular flexibility index (Phi) is 5.98.